The van der Waals surface area contributed by atoms with Crippen LogP contribution in [0.1, 0.15) is 5.82 Å². The van der Waals surface area contributed by atoms with E-state index in [1.165, 1.54) is 5.69 Å². The van der Waals surface area contributed by atoms with E-state index >= 15 is 0 Å². The van der Waals surface area contributed by atoms with E-state index in [4.69, 9.17) is 0 Å². The van der Waals surface area contributed by atoms with Gasteiger partial charge in [-0.15, -0.1) is 0 Å². The zero-order valence-electron chi connectivity index (χ0n) is 9.35. The van der Waals surface area contributed by atoms with Crippen molar-refractivity contribution in [3.8, 4) is 0 Å². The van der Waals surface area contributed by atoms with Crippen LogP contribution in [0.25, 0.3) is 5.65 Å². The number of nitrogens with one attached hydrogen (secondary N) is 1. The number of pyridine rings is 1. The van der Waals surface area contributed by atoms with Crippen LogP contribution >= 0.6 is 0 Å². The third-order valence-electron chi connectivity index (χ3n) is 2.91. The molecule has 0 saturated carbocycles. The summed E-state index contributed by atoms with van der Waals surface area (Å²) >= 11 is 0. The van der Waals surface area contributed by atoms with Gasteiger partial charge in [-0.2, -0.15) is 5.10 Å². The van der Waals surface area contributed by atoms with Crippen LogP contribution in [0.15, 0.2) is 18.3 Å². The summed E-state index contributed by atoms with van der Waals surface area (Å²) in [6.07, 6.45) is 1.98. The Labute approximate surface area is 94.1 Å². The Bertz CT molecular complexity index is 498. The molecule has 16 heavy (non-hydrogen) atoms. The van der Waals surface area contributed by atoms with E-state index in [9.17, 15) is 0 Å². The lowest BCUT2D eigenvalue weighted by molar-refractivity contribution is 0.589. The number of rotatable bonds is 1. The van der Waals surface area contributed by atoms with Crippen molar-refractivity contribution < 1.29 is 0 Å². The monoisotopic (exact) mass is 217 g/mol. The first kappa shape index (κ1) is 9.59. The summed E-state index contributed by atoms with van der Waals surface area (Å²) in [7, 11) is 0. The summed E-state index contributed by atoms with van der Waals surface area (Å²) < 4.78 is 1.82. The van der Waals surface area contributed by atoms with Gasteiger partial charge in [0.2, 0.25) is 0 Å². The maximum atomic E-state index is 4.38. The zero-order valence-corrected chi connectivity index (χ0v) is 9.35. The molecule has 84 valence electrons. The van der Waals surface area contributed by atoms with Crippen LogP contribution in [-0.2, 0) is 0 Å². The summed E-state index contributed by atoms with van der Waals surface area (Å²) in [5, 5.41) is 7.62. The number of piperazine rings is 1. The number of aromatic nitrogens is 3. The van der Waals surface area contributed by atoms with Gasteiger partial charge in [0, 0.05) is 44.1 Å². The van der Waals surface area contributed by atoms with E-state index in [1.807, 2.05) is 17.6 Å². The molecule has 0 unspecified atom stereocenters. The second kappa shape index (κ2) is 3.75. The van der Waals surface area contributed by atoms with Crippen molar-refractivity contribution in [2.45, 2.75) is 6.92 Å². The average Bonchev–Trinajstić information content (AvgIpc) is 2.69. The normalized spacial score (nSPS) is 16.9. The van der Waals surface area contributed by atoms with Gasteiger partial charge >= 0.3 is 0 Å². The molecule has 5 heteroatoms. The molecule has 0 spiro atoms. The number of hydrogen-bond acceptors (Lipinski definition) is 4. The second-order valence-electron chi connectivity index (χ2n) is 4.08. The Morgan fingerprint density at radius 3 is 2.94 bits per heavy atom. The predicted octanol–water partition coefficient (Wildman–Crippen LogP) is 0.447. The van der Waals surface area contributed by atoms with E-state index in [1.54, 1.807) is 0 Å². The first-order chi connectivity index (χ1) is 7.83. The predicted molar refractivity (Wildman–Crippen MR) is 62.8 cm³/mol. The van der Waals surface area contributed by atoms with Gasteiger partial charge in [-0.25, -0.2) is 9.50 Å². The minimum Gasteiger partial charge on any atom is -0.369 e. The first-order valence-corrected chi connectivity index (χ1v) is 5.62. The Morgan fingerprint density at radius 2 is 2.12 bits per heavy atom. The van der Waals surface area contributed by atoms with Crippen molar-refractivity contribution in [3.63, 3.8) is 0 Å². The van der Waals surface area contributed by atoms with Crippen LogP contribution in [0.2, 0.25) is 0 Å². The molecule has 1 aliphatic heterocycles. The first-order valence-electron chi connectivity index (χ1n) is 5.62. The Kier molecular flexibility index (Phi) is 2.25. The lowest BCUT2D eigenvalue weighted by atomic mass is 10.3. The van der Waals surface area contributed by atoms with Gasteiger partial charge in [-0.3, -0.25) is 0 Å². The largest absolute Gasteiger partial charge is 0.369 e. The van der Waals surface area contributed by atoms with Crippen LogP contribution in [-0.4, -0.2) is 40.8 Å². The lowest BCUT2D eigenvalue weighted by Crippen LogP contribution is -2.43. The highest BCUT2D eigenvalue weighted by atomic mass is 15.3. The van der Waals surface area contributed by atoms with Crippen molar-refractivity contribution in [1.29, 1.82) is 0 Å². The molecule has 0 atom stereocenters. The fourth-order valence-electron chi connectivity index (χ4n) is 2.10. The topological polar surface area (TPSA) is 45.5 Å². The molecule has 1 N–H and O–H groups in total. The fourth-order valence-corrected chi connectivity index (χ4v) is 2.10. The third kappa shape index (κ3) is 1.63. The van der Waals surface area contributed by atoms with Gasteiger partial charge in [0.25, 0.3) is 0 Å². The van der Waals surface area contributed by atoms with Gasteiger partial charge in [0.15, 0.2) is 5.65 Å². The summed E-state index contributed by atoms with van der Waals surface area (Å²) in [6.45, 7) is 6.14. The quantitative estimate of drug-likeness (QED) is 0.753. The second-order valence-corrected chi connectivity index (χ2v) is 4.08. The van der Waals surface area contributed by atoms with Crippen LogP contribution in [0.5, 0.6) is 0 Å². The third-order valence-corrected chi connectivity index (χ3v) is 2.91. The van der Waals surface area contributed by atoms with E-state index in [0.29, 0.717) is 0 Å². The number of fused-ring (bicyclic) bond motifs is 1. The van der Waals surface area contributed by atoms with E-state index in [-0.39, 0.29) is 0 Å². The molecule has 1 aliphatic rings. The molecule has 1 saturated heterocycles. The maximum absolute atomic E-state index is 4.38. The van der Waals surface area contributed by atoms with Gasteiger partial charge in [0.05, 0.1) is 0 Å². The van der Waals surface area contributed by atoms with Crippen LogP contribution < -0.4 is 10.2 Å². The van der Waals surface area contributed by atoms with E-state index in [2.05, 4.69) is 32.4 Å². The minimum atomic E-state index is 0.817. The molecule has 0 bridgehead atoms. The lowest BCUT2D eigenvalue weighted by Gasteiger charge is -2.29. The number of aryl methyl sites for hydroxylation is 1. The Balaban J connectivity index is 1.97. The van der Waals surface area contributed by atoms with Crippen molar-refractivity contribution >= 4 is 11.3 Å². The molecule has 5 nitrogen and oxygen atoms in total. The van der Waals surface area contributed by atoms with Crippen molar-refractivity contribution in [1.82, 2.24) is 19.9 Å². The van der Waals surface area contributed by atoms with Crippen molar-refractivity contribution in [2.24, 2.45) is 0 Å². The molecule has 0 radical (unpaired) electrons. The number of anilines is 1. The maximum Gasteiger partial charge on any atom is 0.157 e. The summed E-state index contributed by atoms with van der Waals surface area (Å²) in [6, 6.07) is 4.21. The SMILES string of the molecule is Cc1nc2cc(N3CCNCC3)ccn2n1. The molecule has 0 amide bonds. The van der Waals surface area contributed by atoms with Crippen LogP contribution in [0.3, 0.4) is 0 Å². The highest BCUT2D eigenvalue weighted by Crippen LogP contribution is 2.16. The molecular weight excluding hydrogens is 202 g/mol. The molecule has 3 rings (SSSR count). The number of nitrogens with zero attached hydrogens (tertiary/aromatic N) is 4. The molecular formula is C11H15N5. The zero-order chi connectivity index (χ0) is 11.0. The standard InChI is InChI=1S/C11H15N5/c1-9-13-11-8-10(2-5-16(11)14-9)15-6-3-12-4-7-15/h2,5,8,12H,3-4,6-7H2,1H3. The van der Waals surface area contributed by atoms with Crippen molar-refractivity contribution in [2.75, 3.05) is 31.1 Å². The summed E-state index contributed by atoms with van der Waals surface area (Å²) in [4.78, 5) is 6.75. The number of hydrogen-bond donors (Lipinski definition) is 1. The summed E-state index contributed by atoms with van der Waals surface area (Å²) in [5.74, 6) is 0.817. The van der Waals surface area contributed by atoms with Crippen molar-refractivity contribution in [3.05, 3.63) is 24.2 Å². The highest BCUT2D eigenvalue weighted by Gasteiger charge is 2.11. The molecule has 1 fully saturated rings. The highest BCUT2D eigenvalue weighted by molar-refractivity contribution is 5.55. The average molecular weight is 217 g/mol. The van der Waals surface area contributed by atoms with E-state index < -0.39 is 0 Å². The van der Waals surface area contributed by atoms with E-state index in [0.717, 1.165) is 37.7 Å². The molecule has 2 aromatic rings. The van der Waals surface area contributed by atoms with Gasteiger partial charge in [0.1, 0.15) is 5.82 Å². The van der Waals surface area contributed by atoms with Crippen LogP contribution in [0, 0.1) is 6.92 Å². The minimum absolute atomic E-state index is 0.817. The Morgan fingerprint density at radius 1 is 1.31 bits per heavy atom. The smallest absolute Gasteiger partial charge is 0.157 e. The molecule has 0 aliphatic carbocycles. The molecule has 2 aromatic heterocycles. The van der Waals surface area contributed by atoms with Crippen LogP contribution in [0.4, 0.5) is 5.69 Å². The molecule has 0 aromatic carbocycles. The molecule has 3 heterocycles. The fraction of sp³-hybridized carbons (Fsp3) is 0.455. The van der Waals surface area contributed by atoms with Gasteiger partial charge < -0.3 is 10.2 Å². The Hall–Kier alpha value is -1.62. The van der Waals surface area contributed by atoms with Gasteiger partial charge in [-0.05, 0) is 13.0 Å². The van der Waals surface area contributed by atoms with Gasteiger partial charge in [-0.1, -0.05) is 0 Å². The summed E-state index contributed by atoms with van der Waals surface area (Å²) in [5.41, 5.74) is 2.16.